The standard InChI is InChI=1S/C27H26N4O3S/c1-4-16-34-22-15-14-18-10-6-7-11-19(18)23(22)26-30(17(3)32)21-13-9-8-12-20(21)24-25(33)28-27(35-5-2)29-31(24)26/h6-15,26H,4-5,16H2,1-3H3/p+1/t26-/m0/s1. The highest BCUT2D eigenvalue weighted by Gasteiger charge is 2.46. The van der Waals surface area contributed by atoms with E-state index >= 15 is 0 Å². The van der Waals surface area contributed by atoms with Gasteiger partial charge in [-0.25, -0.2) is 4.90 Å². The molecule has 0 bridgehead atoms. The van der Waals surface area contributed by atoms with Crippen LogP contribution in [0.5, 0.6) is 5.75 Å². The summed E-state index contributed by atoms with van der Waals surface area (Å²) in [5, 5.41) is 7.32. The Bertz CT molecular complexity index is 1480. The van der Waals surface area contributed by atoms with Crippen molar-refractivity contribution in [3.05, 3.63) is 76.6 Å². The minimum atomic E-state index is -0.700. The monoisotopic (exact) mass is 487 g/mol. The number of aromatic nitrogens is 3. The smallest absolute Gasteiger partial charge is 0.325 e. The van der Waals surface area contributed by atoms with Crippen LogP contribution in [0, 0.1) is 0 Å². The number of para-hydroxylation sites is 1. The zero-order chi connectivity index (χ0) is 24.5. The van der Waals surface area contributed by atoms with E-state index in [1.165, 1.54) is 11.8 Å². The minimum absolute atomic E-state index is 0.151. The Morgan fingerprint density at radius 1 is 1.11 bits per heavy atom. The normalized spacial score (nSPS) is 14.5. The number of carbonyl (C=O) groups excluding carboxylic acids is 1. The molecule has 3 aromatic carbocycles. The van der Waals surface area contributed by atoms with E-state index in [9.17, 15) is 9.59 Å². The summed E-state index contributed by atoms with van der Waals surface area (Å²) >= 11 is 1.45. The number of aromatic amines is 1. The molecule has 0 aliphatic carbocycles. The number of hydrogen-bond donors (Lipinski definition) is 1. The lowest BCUT2D eigenvalue weighted by Gasteiger charge is -2.32. The van der Waals surface area contributed by atoms with Crippen molar-refractivity contribution in [3.63, 3.8) is 0 Å². The fourth-order valence-corrected chi connectivity index (χ4v) is 5.24. The summed E-state index contributed by atoms with van der Waals surface area (Å²) in [7, 11) is 0. The highest BCUT2D eigenvalue weighted by molar-refractivity contribution is 7.99. The lowest BCUT2D eigenvalue weighted by molar-refractivity contribution is -0.763. The number of carbonyl (C=O) groups is 1. The summed E-state index contributed by atoms with van der Waals surface area (Å²) in [5.74, 6) is 1.27. The molecule has 0 fully saturated rings. The first-order valence-corrected chi connectivity index (χ1v) is 12.8. The van der Waals surface area contributed by atoms with Gasteiger partial charge in [-0.15, -0.1) is 0 Å². The summed E-state index contributed by atoms with van der Waals surface area (Å²) in [5.41, 5.74) is 2.31. The lowest BCUT2D eigenvalue weighted by Crippen LogP contribution is -2.60. The van der Waals surface area contributed by atoms with Gasteiger partial charge in [-0.2, -0.15) is 0 Å². The molecule has 1 atom stereocenters. The summed E-state index contributed by atoms with van der Waals surface area (Å²) in [6, 6.07) is 19.5. The van der Waals surface area contributed by atoms with Gasteiger partial charge in [-0.1, -0.05) is 68.1 Å². The average Bonchev–Trinajstić information content (AvgIpc) is 2.86. The average molecular weight is 488 g/mol. The molecule has 1 aromatic heterocycles. The van der Waals surface area contributed by atoms with Crippen LogP contribution in [0.2, 0.25) is 0 Å². The topological polar surface area (TPSA) is 79.2 Å². The largest absolute Gasteiger partial charge is 0.493 e. The van der Waals surface area contributed by atoms with E-state index in [-0.39, 0.29) is 11.5 Å². The molecule has 2 heterocycles. The van der Waals surface area contributed by atoms with Crippen molar-refractivity contribution >= 4 is 34.1 Å². The van der Waals surface area contributed by atoms with E-state index in [0.29, 0.717) is 34.5 Å². The second-order valence-electron chi connectivity index (χ2n) is 8.31. The highest BCUT2D eigenvalue weighted by atomic mass is 32.2. The molecule has 0 saturated carbocycles. The number of H-pyrrole nitrogens is 1. The van der Waals surface area contributed by atoms with Crippen molar-refractivity contribution in [1.82, 2.24) is 10.1 Å². The molecule has 0 saturated heterocycles. The quantitative estimate of drug-likeness (QED) is 0.315. The summed E-state index contributed by atoms with van der Waals surface area (Å²) in [6.45, 7) is 6.14. The van der Waals surface area contributed by atoms with Crippen molar-refractivity contribution in [3.8, 4) is 17.0 Å². The molecule has 1 N–H and O–H groups in total. The molecule has 0 spiro atoms. The van der Waals surface area contributed by atoms with Gasteiger partial charge in [-0.05, 0) is 45.8 Å². The molecule has 7 nitrogen and oxygen atoms in total. The second kappa shape index (κ2) is 9.54. The molecule has 178 valence electrons. The molecular weight excluding hydrogens is 460 g/mol. The molecule has 8 heteroatoms. The number of benzene rings is 3. The van der Waals surface area contributed by atoms with Gasteiger partial charge in [0.25, 0.3) is 6.17 Å². The van der Waals surface area contributed by atoms with Gasteiger partial charge in [0.15, 0.2) is 0 Å². The van der Waals surface area contributed by atoms with Gasteiger partial charge >= 0.3 is 11.3 Å². The van der Waals surface area contributed by atoms with Gasteiger partial charge < -0.3 is 4.74 Å². The first-order chi connectivity index (χ1) is 17.0. The van der Waals surface area contributed by atoms with Crippen LogP contribution in [0.4, 0.5) is 5.69 Å². The third-order valence-corrected chi connectivity index (χ3v) is 6.77. The fraction of sp³-hybridized carbons (Fsp3) is 0.259. The van der Waals surface area contributed by atoms with Crippen molar-refractivity contribution in [2.24, 2.45) is 0 Å². The second-order valence-corrected chi connectivity index (χ2v) is 9.56. The van der Waals surface area contributed by atoms with Gasteiger partial charge in [0.05, 0.1) is 23.4 Å². The Labute approximate surface area is 207 Å². The van der Waals surface area contributed by atoms with E-state index in [4.69, 9.17) is 9.84 Å². The number of nitrogens with one attached hydrogen (secondary N) is 1. The Morgan fingerprint density at radius 2 is 1.89 bits per heavy atom. The summed E-state index contributed by atoms with van der Waals surface area (Å²) < 4.78 is 7.91. The zero-order valence-corrected chi connectivity index (χ0v) is 20.8. The summed E-state index contributed by atoms with van der Waals surface area (Å²) in [4.78, 5) is 31.3. The molecule has 1 amide bonds. The van der Waals surface area contributed by atoms with Crippen LogP contribution in [-0.2, 0) is 4.79 Å². The lowest BCUT2D eigenvalue weighted by atomic mass is 9.96. The highest BCUT2D eigenvalue weighted by Crippen LogP contribution is 2.42. The van der Waals surface area contributed by atoms with Crippen molar-refractivity contribution in [1.29, 1.82) is 0 Å². The van der Waals surface area contributed by atoms with Crippen LogP contribution in [0.3, 0.4) is 0 Å². The molecule has 35 heavy (non-hydrogen) atoms. The number of ether oxygens (including phenoxy) is 1. The molecule has 4 aromatic rings. The van der Waals surface area contributed by atoms with Crippen molar-refractivity contribution < 1.29 is 14.2 Å². The van der Waals surface area contributed by atoms with Crippen LogP contribution in [0.15, 0.2) is 70.6 Å². The third kappa shape index (κ3) is 3.97. The van der Waals surface area contributed by atoms with Gasteiger partial charge in [0.2, 0.25) is 11.1 Å². The van der Waals surface area contributed by atoms with E-state index in [2.05, 4.69) is 11.9 Å². The zero-order valence-electron chi connectivity index (χ0n) is 19.9. The first-order valence-electron chi connectivity index (χ1n) is 11.8. The number of fused-ring (bicyclic) bond motifs is 4. The van der Waals surface area contributed by atoms with Crippen LogP contribution < -0.4 is 19.9 Å². The van der Waals surface area contributed by atoms with Crippen molar-refractivity contribution in [2.75, 3.05) is 17.3 Å². The summed E-state index contributed by atoms with van der Waals surface area (Å²) in [6.07, 6.45) is 0.142. The van der Waals surface area contributed by atoms with Gasteiger partial charge in [-0.3, -0.25) is 14.6 Å². The Balaban J connectivity index is 1.90. The van der Waals surface area contributed by atoms with E-state index < -0.39 is 6.17 Å². The molecule has 0 radical (unpaired) electrons. The van der Waals surface area contributed by atoms with E-state index in [1.54, 1.807) is 16.5 Å². The molecule has 1 aliphatic heterocycles. The van der Waals surface area contributed by atoms with Crippen LogP contribution in [-0.4, -0.2) is 28.3 Å². The number of hydrogen-bond acceptors (Lipinski definition) is 5. The predicted octanol–water partition coefficient (Wildman–Crippen LogP) is 4.69. The number of rotatable bonds is 6. The van der Waals surface area contributed by atoms with Crippen LogP contribution >= 0.6 is 11.8 Å². The van der Waals surface area contributed by atoms with Crippen LogP contribution in [0.1, 0.15) is 38.9 Å². The number of amides is 1. The number of thioether (sulfide) groups is 1. The SMILES string of the molecule is CCCOc1ccc2ccccc2c1[C@H]1N(C(C)=O)c2ccccc2-c2c(=O)[nH]c(SCC)n[n+]21. The van der Waals surface area contributed by atoms with E-state index in [0.717, 1.165) is 28.5 Å². The third-order valence-electron chi connectivity index (χ3n) is 6.03. The minimum Gasteiger partial charge on any atom is -0.493 e. The number of nitrogens with zero attached hydrogens (tertiary/aromatic N) is 3. The van der Waals surface area contributed by atoms with Gasteiger partial charge in [0.1, 0.15) is 5.75 Å². The predicted molar refractivity (Wildman–Crippen MR) is 138 cm³/mol. The molecule has 1 aliphatic rings. The van der Waals surface area contributed by atoms with Crippen molar-refractivity contribution in [2.45, 2.75) is 38.5 Å². The Kier molecular flexibility index (Phi) is 6.30. The Hall–Kier alpha value is -3.65. The molecule has 0 unspecified atom stereocenters. The first kappa shape index (κ1) is 23.1. The Morgan fingerprint density at radius 3 is 2.66 bits per heavy atom. The molecular formula is C27H27N4O3S+. The van der Waals surface area contributed by atoms with Gasteiger partial charge in [0, 0.05) is 12.0 Å². The van der Waals surface area contributed by atoms with E-state index in [1.807, 2.05) is 67.6 Å². The van der Waals surface area contributed by atoms with Crippen LogP contribution in [0.25, 0.3) is 22.0 Å². The number of anilines is 1. The maximum Gasteiger partial charge on any atom is 0.325 e. The maximum atomic E-state index is 13.4. The fourth-order valence-electron chi connectivity index (χ4n) is 4.66. The molecule has 5 rings (SSSR count). The maximum absolute atomic E-state index is 13.4.